The molecule has 1 unspecified atom stereocenters. The van der Waals surface area contributed by atoms with Crippen LogP contribution in [0.15, 0.2) is 24.5 Å². The summed E-state index contributed by atoms with van der Waals surface area (Å²) in [5.74, 6) is 0. The predicted molar refractivity (Wildman–Crippen MR) is 86.9 cm³/mol. The summed E-state index contributed by atoms with van der Waals surface area (Å²) in [6, 6.07) is 3.52. The third kappa shape index (κ3) is 3.76. The van der Waals surface area contributed by atoms with Crippen LogP contribution in [0, 0.1) is 0 Å². The zero-order chi connectivity index (χ0) is 15.2. The summed E-state index contributed by atoms with van der Waals surface area (Å²) in [7, 11) is 0. The fourth-order valence-electron chi connectivity index (χ4n) is 2.27. The third-order valence-corrected chi connectivity index (χ3v) is 3.81. The van der Waals surface area contributed by atoms with Crippen molar-refractivity contribution in [3.63, 3.8) is 0 Å². The first-order valence-corrected chi connectivity index (χ1v) is 7.99. The SMILES string of the molecule is CCCNC(c1ncccc1Cl)c1c(Cl)cnn1CCC. The lowest BCUT2D eigenvalue weighted by atomic mass is 10.1. The van der Waals surface area contributed by atoms with Crippen LogP contribution in [0.4, 0.5) is 0 Å². The van der Waals surface area contributed by atoms with E-state index in [4.69, 9.17) is 23.2 Å². The van der Waals surface area contributed by atoms with Gasteiger partial charge in [0.15, 0.2) is 0 Å². The maximum atomic E-state index is 6.36. The highest BCUT2D eigenvalue weighted by Gasteiger charge is 2.24. The number of rotatable bonds is 7. The number of nitrogens with one attached hydrogen (secondary N) is 1. The molecule has 0 aliphatic carbocycles. The van der Waals surface area contributed by atoms with E-state index in [-0.39, 0.29) is 6.04 Å². The number of aryl methyl sites for hydroxylation is 1. The van der Waals surface area contributed by atoms with E-state index >= 15 is 0 Å². The number of halogens is 2. The molecule has 2 heterocycles. The molecule has 21 heavy (non-hydrogen) atoms. The van der Waals surface area contributed by atoms with Gasteiger partial charge in [0.1, 0.15) is 0 Å². The van der Waals surface area contributed by atoms with Crippen molar-refractivity contribution < 1.29 is 0 Å². The molecule has 2 rings (SSSR count). The Morgan fingerprint density at radius 2 is 2.05 bits per heavy atom. The minimum Gasteiger partial charge on any atom is -0.304 e. The van der Waals surface area contributed by atoms with Crippen LogP contribution in [-0.2, 0) is 6.54 Å². The van der Waals surface area contributed by atoms with Crippen molar-refractivity contribution in [3.05, 3.63) is 46.0 Å². The Morgan fingerprint density at radius 3 is 2.71 bits per heavy atom. The van der Waals surface area contributed by atoms with Crippen LogP contribution in [0.5, 0.6) is 0 Å². The summed E-state index contributed by atoms with van der Waals surface area (Å²) in [5, 5.41) is 9.11. The van der Waals surface area contributed by atoms with Gasteiger partial charge in [0, 0.05) is 12.7 Å². The second kappa shape index (κ2) is 7.78. The quantitative estimate of drug-likeness (QED) is 0.833. The number of hydrogen-bond acceptors (Lipinski definition) is 3. The van der Waals surface area contributed by atoms with E-state index in [1.54, 1.807) is 12.4 Å². The van der Waals surface area contributed by atoms with Gasteiger partial charge >= 0.3 is 0 Å². The molecular formula is C15H20Cl2N4. The molecular weight excluding hydrogens is 307 g/mol. The highest BCUT2D eigenvalue weighted by atomic mass is 35.5. The van der Waals surface area contributed by atoms with Gasteiger partial charge in [-0.05, 0) is 31.5 Å². The van der Waals surface area contributed by atoms with Gasteiger partial charge in [-0.2, -0.15) is 5.10 Å². The highest BCUT2D eigenvalue weighted by molar-refractivity contribution is 6.32. The Balaban J connectivity index is 2.45. The minimum absolute atomic E-state index is 0.153. The molecule has 2 aromatic heterocycles. The van der Waals surface area contributed by atoms with E-state index in [0.717, 1.165) is 37.3 Å². The Labute approximate surface area is 135 Å². The standard InChI is InChI=1S/C15H20Cl2N4/c1-3-7-18-14(13-11(16)6-5-8-19-13)15-12(17)10-20-21(15)9-4-2/h5-6,8,10,14,18H,3-4,7,9H2,1-2H3. The van der Waals surface area contributed by atoms with Gasteiger partial charge in [0.25, 0.3) is 0 Å². The molecule has 4 nitrogen and oxygen atoms in total. The first-order chi connectivity index (χ1) is 10.2. The number of aromatic nitrogens is 3. The summed E-state index contributed by atoms with van der Waals surface area (Å²) >= 11 is 12.7. The first-order valence-electron chi connectivity index (χ1n) is 7.24. The Bertz CT molecular complexity index is 583. The first kappa shape index (κ1) is 16.3. The van der Waals surface area contributed by atoms with Crippen molar-refractivity contribution in [2.24, 2.45) is 0 Å². The Kier molecular flexibility index (Phi) is 6.03. The van der Waals surface area contributed by atoms with Crippen molar-refractivity contribution >= 4 is 23.2 Å². The lowest BCUT2D eigenvalue weighted by Gasteiger charge is -2.21. The molecule has 0 amide bonds. The smallest absolute Gasteiger partial charge is 0.0952 e. The van der Waals surface area contributed by atoms with E-state index in [2.05, 4.69) is 29.2 Å². The highest BCUT2D eigenvalue weighted by Crippen LogP contribution is 2.31. The second-order valence-corrected chi connectivity index (χ2v) is 5.67. The van der Waals surface area contributed by atoms with Crippen molar-refractivity contribution in [2.45, 2.75) is 39.3 Å². The van der Waals surface area contributed by atoms with Crippen LogP contribution in [0.25, 0.3) is 0 Å². The molecule has 0 aliphatic rings. The van der Waals surface area contributed by atoms with Crippen molar-refractivity contribution in [1.82, 2.24) is 20.1 Å². The second-order valence-electron chi connectivity index (χ2n) is 4.86. The molecule has 1 atom stereocenters. The molecule has 0 fully saturated rings. The summed E-state index contributed by atoms with van der Waals surface area (Å²) in [5.41, 5.74) is 1.71. The summed E-state index contributed by atoms with van der Waals surface area (Å²) in [4.78, 5) is 4.44. The topological polar surface area (TPSA) is 42.7 Å². The number of pyridine rings is 1. The van der Waals surface area contributed by atoms with Crippen LogP contribution >= 0.6 is 23.2 Å². The van der Waals surface area contributed by atoms with Gasteiger partial charge in [-0.25, -0.2) is 0 Å². The zero-order valence-corrected chi connectivity index (χ0v) is 13.8. The van der Waals surface area contributed by atoms with Gasteiger partial charge in [-0.15, -0.1) is 0 Å². The molecule has 114 valence electrons. The number of nitrogens with zero attached hydrogens (tertiary/aromatic N) is 3. The van der Waals surface area contributed by atoms with E-state index in [1.807, 2.05) is 16.8 Å². The van der Waals surface area contributed by atoms with Gasteiger partial charge in [-0.3, -0.25) is 9.67 Å². The lowest BCUT2D eigenvalue weighted by molar-refractivity contribution is 0.505. The maximum absolute atomic E-state index is 6.36. The zero-order valence-electron chi connectivity index (χ0n) is 12.3. The molecule has 0 saturated carbocycles. The molecule has 0 spiro atoms. The van der Waals surface area contributed by atoms with E-state index in [0.29, 0.717) is 10.0 Å². The van der Waals surface area contributed by atoms with Crippen LogP contribution in [0.1, 0.15) is 44.1 Å². The molecule has 0 bridgehead atoms. The van der Waals surface area contributed by atoms with Crippen LogP contribution in [0.3, 0.4) is 0 Å². The largest absolute Gasteiger partial charge is 0.304 e. The summed E-state index contributed by atoms with van der Waals surface area (Å²) in [6.07, 6.45) is 5.43. The maximum Gasteiger partial charge on any atom is 0.0952 e. The molecule has 1 N–H and O–H groups in total. The fourth-order valence-corrected chi connectivity index (χ4v) is 2.75. The number of hydrogen-bond donors (Lipinski definition) is 1. The molecule has 0 radical (unpaired) electrons. The fraction of sp³-hybridized carbons (Fsp3) is 0.467. The lowest BCUT2D eigenvalue weighted by Crippen LogP contribution is -2.27. The average Bonchev–Trinajstić information content (AvgIpc) is 2.83. The monoisotopic (exact) mass is 326 g/mol. The van der Waals surface area contributed by atoms with Crippen molar-refractivity contribution in [1.29, 1.82) is 0 Å². The minimum atomic E-state index is -0.153. The van der Waals surface area contributed by atoms with Gasteiger partial charge in [-0.1, -0.05) is 37.0 Å². The molecule has 0 aromatic carbocycles. The normalized spacial score (nSPS) is 12.6. The van der Waals surface area contributed by atoms with E-state index in [9.17, 15) is 0 Å². The third-order valence-electron chi connectivity index (χ3n) is 3.20. The van der Waals surface area contributed by atoms with Gasteiger partial charge in [0.2, 0.25) is 0 Å². The molecule has 6 heteroatoms. The van der Waals surface area contributed by atoms with Crippen LogP contribution < -0.4 is 5.32 Å². The predicted octanol–water partition coefficient (Wildman–Crippen LogP) is 4.08. The molecule has 0 aliphatic heterocycles. The van der Waals surface area contributed by atoms with Gasteiger partial charge < -0.3 is 5.32 Å². The van der Waals surface area contributed by atoms with E-state index < -0.39 is 0 Å². The Hall–Kier alpha value is -1.10. The average molecular weight is 327 g/mol. The Morgan fingerprint density at radius 1 is 1.24 bits per heavy atom. The van der Waals surface area contributed by atoms with Crippen molar-refractivity contribution in [2.75, 3.05) is 6.54 Å². The summed E-state index contributed by atoms with van der Waals surface area (Å²) in [6.45, 7) is 5.90. The van der Waals surface area contributed by atoms with Crippen LogP contribution in [0.2, 0.25) is 10.0 Å². The van der Waals surface area contributed by atoms with Crippen molar-refractivity contribution in [3.8, 4) is 0 Å². The van der Waals surface area contributed by atoms with E-state index in [1.165, 1.54) is 0 Å². The van der Waals surface area contributed by atoms with Gasteiger partial charge in [0.05, 0.1) is 33.7 Å². The summed E-state index contributed by atoms with van der Waals surface area (Å²) < 4.78 is 1.93. The van der Waals surface area contributed by atoms with Crippen LogP contribution in [-0.4, -0.2) is 21.3 Å². The molecule has 0 saturated heterocycles. The molecule has 2 aromatic rings.